The summed E-state index contributed by atoms with van der Waals surface area (Å²) in [7, 11) is -0.988. The van der Waals surface area contributed by atoms with Crippen molar-refractivity contribution >= 4 is 37.4 Å². The van der Waals surface area contributed by atoms with Crippen LogP contribution >= 0.6 is 10.8 Å². The number of benzene rings is 4. The monoisotopic (exact) mass is 702 g/mol. The normalized spacial score (nSPS) is 16.2. The first-order valence-electron chi connectivity index (χ1n) is 15.1. The van der Waals surface area contributed by atoms with Crippen LogP contribution < -0.4 is 14.8 Å². The van der Waals surface area contributed by atoms with Gasteiger partial charge in [-0.1, -0.05) is 78.9 Å². The fraction of sp³-hybridized carbons (Fsp3) is 0.194. The van der Waals surface area contributed by atoms with Gasteiger partial charge < -0.3 is 24.3 Å². The molecule has 1 aliphatic heterocycles. The van der Waals surface area contributed by atoms with Crippen LogP contribution in [0, 0.1) is 0 Å². The smallest absolute Gasteiger partial charge is 0.359 e. The Morgan fingerprint density at radius 2 is 1.37 bits per heavy atom. The summed E-state index contributed by atoms with van der Waals surface area (Å²) in [6.45, 7) is 1.03. The highest BCUT2D eigenvalue weighted by atomic mass is 33.1. The minimum Gasteiger partial charge on any atom is -0.499 e. The molecule has 1 fully saturated rings. The molecule has 0 saturated carbocycles. The summed E-state index contributed by atoms with van der Waals surface area (Å²) in [5.74, 6) is -1.46. The van der Waals surface area contributed by atoms with E-state index in [1.807, 2.05) is 12.1 Å². The number of likely N-dealkylation sites (tertiary alicyclic amines) is 1. The molecule has 0 spiro atoms. The van der Waals surface area contributed by atoms with Gasteiger partial charge in [0.2, 0.25) is 8.87 Å². The van der Waals surface area contributed by atoms with E-state index in [1.54, 1.807) is 78.9 Å². The Bertz CT molecular complexity index is 1870. The highest BCUT2D eigenvalue weighted by Crippen LogP contribution is 2.41. The highest BCUT2D eigenvalue weighted by molar-refractivity contribution is 8.72. The Kier molecular flexibility index (Phi) is 11.3. The van der Waals surface area contributed by atoms with Gasteiger partial charge in [-0.05, 0) is 54.4 Å². The number of nitrogens with one attached hydrogen (secondary N) is 1. The van der Waals surface area contributed by atoms with Crippen LogP contribution in [0.5, 0.6) is 11.5 Å². The van der Waals surface area contributed by atoms with E-state index in [1.165, 1.54) is 45.4 Å². The number of ether oxygens (including phenoxy) is 4. The van der Waals surface area contributed by atoms with Crippen molar-refractivity contribution in [1.29, 1.82) is 0 Å². The molecule has 5 rings (SSSR count). The van der Waals surface area contributed by atoms with Gasteiger partial charge in [0.25, 0.3) is 11.8 Å². The maximum Gasteiger partial charge on any atom is 0.359 e. The van der Waals surface area contributed by atoms with E-state index in [4.69, 9.17) is 18.9 Å². The van der Waals surface area contributed by atoms with Gasteiger partial charge in [0.1, 0.15) is 28.7 Å². The molecular formula is C36H34N2O9S2. The lowest BCUT2D eigenvalue weighted by atomic mass is 10.0. The summed E-state index contributed by atoms with van der Waals surface area (Å²) >= 11 is 0. The van der Waals surface area contributed by atoms with Crippen molar-refractivity contribution in [3.05, 3.63) is 138 Å². The largest absolute Gasteiger partial charge is 0.499 e. The molecule has 0 aromatic heterocycles. The zero-order valence-corrected chi connectivity index (χ0v) is 28.5. The minimum absolute atomic E-state index is 0.00264. The number of rotatable bonds is 14. The van der Waals surface area contributed by atoms with E-state index in [-0.39, 0.29) is 16.4 Å². The molecule has 2 unspecified atom stereocenters. The first-order chi connectivity index (χ1) is 23.6. The fourth-order valence-electron chi connectivity index (χ4n) is 5.00. The molecule has 1 saturated heterocycles. The molecule has 1 aliphatic rings. The Hall–Kier alpha value is -5.27. The van der Waals surface area contributed by atoms with E-state index in [9.17, 15) is 22.8 Å². The van der Waals surface area contributed by atoms with E-state index in [0.717, 1.165) is 4.90 Å². The molecule has 49 heavy (non-hydrogen) atoms. The molecule has 2 amide bonds. The first kappa shape index (κ1) is 35.0. The standard InChI is InChI=1S/C36H34N2O9S2/c1-24(44-2)32(36(41)47-33(25-13-7-4-8-14-25)26-15-9-5-10-16-26)38-34(40)31(37-30(39)23-46-28-17-11-6-12-18-28)35(38)48-49(42,43)29-21-19-27(45-3)20-22-29/h4-22,31,33,35H,23H2,1-3H3,(H,37,39)/b32-24+. The second kappa shape index (κ2) is 15.8. The molecule has 13 heteroatoms. The molecule has 0 bridgehead atoms. The molecule has 4 aromatic carbocycles. The Balaban J connectivity index is 1.46. The van der Waals surface area contributed by atoms with Gasteiger partial charge in [-0.3, -0.25) is 14.5 Å². The number of β-lactam (4-membered cyclic amide) rings is 1. The summed E-state index contributed by atoms with van der Waals surface area (Å²) in [6.07, 6.45) is -0.870. The van der Waals surface area contributed by atoms with Crippen LogP contribution in [0.15, 0.2) is 132 Å². The van der Waals surface area contributed by atoms with Crippen LogP contribution in [0.4, 0.5) is 0 Å². The number of allylic oxidation sites excluding steroid dienone is 1. The van der Waals surface area contributed by atoms with E-state index in [2.05, 4.69) is 5.32 Å². The molecule has 2 atom stereocenters. The lowest BCUT2D eigenvalue weighted by molar-refractivity contribution is -0.155. The van der Waals surface area contributed by atoms with Crippen molar-refractivity contribution in [2.75, 3.05) is 20.8 Å². The third-order valence-electron chi connectivity index (χ3n) is 7.55. The molecule has 1 N–H and O–H groups in total. The van der Waals surface area contributed by atoms with Gasteiger partial charge >= 0.3 is 5.97 Å². The average Bonchev–Trinajstić information content (AvgIpc) is 3.14. The summed E-state index contributed by atoms with van der Waals surface area (Å²) in [5.41, 5.74) is 1.03. The molecule has 0 radical (unpaired) electrons. The number of para-hydroxylation sites is 1. The van der Waals surface area contributed by atoms with Gasteiger partial charge in [-0.15, -0.1) is 0 Å². The zero-order chi connectivity index (χ0) is 35.0. The second-order valence-electron chi connectivity index (χ2n) is 10.7. The van der Waals surface area contributed by atoms with Crippen molar-refractivity contribution in [3.8, 4) is 11.5 Å². The molecule has 4 aromatic rings. The Morgan fingerprint density at radius 3 is 1.90 bits per heavy atom. The van der Waals surface area contributed by atoms with Crippen LogP contribution in [-0.2, 0) is 32.7 Å². The van der Waals surface area contributed by atoms with Crippen LogP contribution in [0.3, 0.4) is 0 Å². The number of esters is 1. The molecular weight excluding hydrogens is 669 g/mol. The number of methoxy groups -OCH3 is 2. The second-order valence-corrected chi connectivity index (χ2v) is 14.6. The number of nitrogens with zero attached hydrogens (tertiary/aromatic N) is 1. The maximum absolute atomic E-state index is 14.1. The van der Waals surface area contributed by atoms with Gasteiger partial charge in [-0.2, -0.15) is 0 Å². The lowest BCUT2D eigenvalue weighted by Crippen LogP contribution is -2.70. The molecule has 0 aliphatic carbocycles. The third-order valence-corrected chi connectivity index (χ3v) is 11.3. The van der Waals surface area contributed by atoms with Crippen molar-refractivity contribution in [3.63, 3.8) is 0 Å². The predicted molar refractivity (Wildman–Crippen MR) is 183 cm³/mol. The summed E-state index contributed by atoms with van der Waals surface area (Å²) in [6, 6.07) is 31.1. The highest BCUT2D eigenvalue weighted by Gasteiger charge is 2.55. The van der Waals surface area contributed by atoms with Gasteiger partial charge in [0.05, 0.1) is 19.1 Å². The van der Waals surface area contributed by atoms with Gasteiger partial charge in [0, 0.05) is 10.8 Å². The van der Waals surface area contributed by atoms with Crippen LogP contribution in [0.25, 0.3) is 0 Å². The number of carbonyl (C=O) groups excluding carboxylic acids is 3. The van der Waals surface area contributed by atoms with E-state index < -0.39 is 50.8 Å². The van der Waals surface area contributed by atoms with Crippen molar-refractivity contribution < 1.29 is 41.7 Å². The summed E-state index contributed by atoms with van der Waals surface area (Å²) < 4.78 is 49.5. The fourth-order valence-corrected chi connectivity index (χ4v) is 8.47. The van der Waals surface area contributed by atoms with Crippen LogP contribution in [-0.4, -0.2) is 63.3 Å². The van der Waals surface area contributed by atoms with Gasteiger partial charge in [-0.25, -0.2) is 13.2 Å². The summed E-state index contributed by atoms with van der Waals surface area (Å²) in [4.78, 5) is 41.8. The van der Waals surface area contributed by atoms with Crippen LogP contribution in [0.2, 0.25) is 0 Å². The number of hydrogen-bond acceptors (Lipinski definition) is 10. The topological polar surface area (TPSA) is 138 Å². The van der Waals surface area contributed by atoms with E-state index >= 15 is 0 Å². The van der Waals surface area contributed by atoms with Gasteiger partial charge in [0.15, 0.2) is 18.4 Å². The van der Waals surface area contributed by atoms with Crippen molar-refractivity contribution in [2.45, 2.75) is 29.3 Å². The maximum atomic E-state index is 14.1. The molecule has 1 heterocycles. The average molecular weight is 703 g/mol. The number of amides is 2. The zero-order valence-electron chi connectivity index (χ0n) is 26.8. The SMILES string of the molecule is CO/C(C)=C(\C(=O)OC(c1ccccc1)c1ccccc1)N1C(=O)C(NC(=O)COc2ccccc2)C1SS(=O)(=O)c1ccc(OC)cc1. The summed E-state index contributed by atoms with van der Waals surface area (Å²) in [5, 5.41) is 1.28. The predicted octanol–water partition coefficient (Wildman–Crippen LogP) is 5.06. The van der Waals surface area contributed by atoms with Crippen molar-refractivity contribution in [2.24, 2.45) is 0 Å². The van der Waals surface area contributed by atoms with E-state index in [0.29, 0.717) is 33.4 Å². The minimum atomic E-state index is -4.16. The number of carbonyl (C=O) groups is 3. The van der Waals surface area contributed by atoms with Crippen LogP contribution in [0.1, 0.15) is 24.2 Å². The Labute approximate surface area is 288 Å². The third kappa shape index (κ3) is 8.24. The van der Waals surface area contributed by atoms with Crippen molar-refractivity contribution in [1.82, 2.24) is 10.2 Å². The quantitative estimate of drug-likeness (QED) is 0.0624. The lowest BCUT2D eigenvalue weighted by Gasteiger charge is -2.46. The first-order valence-corrected chi connectivity index (χ1v) is 17.9. The molecule has 11 nitrogen and oxygen atoms in total. The molecule has 254 valence electrons. The Morgan fingerprint density at radius 1 is 0.816 bits per heavy atom. The number of hydrogen-bond donors (Lipinski definition) is 1.